The summed E-state index contributed by atoms with van der Waals surface area (Å²) in [5.41, 5.74) is 2.59. The second-order valence-corrected chi connectivity index (χ2v) is 7.51. The van der Waals surface area contributed by atoms with Gasteiger partial charge in [0.15, 0.2) is 5.78 Å². The molecule has 0 radical (unpaired) electrons. The number of carbonyl (C=O) groups excluding carboxylic acids is 1. The Hall–Kier alpha value is -1.19. The van der Waals surface area contributed by atoms with Gasteiger partial charge >= 0.3 is 0 Å². The summed E-state index contributed by atoms with van der Waals surface area (Å²) in [7, 11) is 0. The van der Waals surface area contributed by atoms with Crippen molar-refractivity contribution < 1.29 is 9.53 Å². The van der Waals surface area contributed by atoms with Crippen LogP contribution in [0.4, 0.5) is 0 Å². The van der Waals surface area contributed by atoms with Gasteiger partial charge < -0.3 is 4.74 Å². The molecule has 0 unspecified atom stereocenters. The summed E-state index contributed by atoms with van der Waals surface area (Å²) in [6.07, 6.45) is 0. The van der Waals surface area contributed by atoms with Gasteiger partial charge in [-0.2, -0.15) is 0 Å². The first-order valence-electron chi connectivity index (χ1n) is 7.61. The van der Waals surface area contributed by atoms with Crippen molar-refractivity contribution in [3.8, 4) is 0 Å². The van der Waals surface area contributed by atoms with E-state index >= 15 is 0 Å². The van der Waals surface area contributed by atoms with E-state index in [1.165, 1.54) is 0 Å². The Morgan fingerprint density at radius 3 is 2.29 bits per heavy atom. The normalized spacial score (nSPS) is 21.2. The molecule has 1 fully saturated rings. The van der Waals surface area contributed by atoms with Crippen LogP contribution in [0, 0.1) is 13.8 Å². The molecule has 3 nitrogen and oxygen atoms in total. The third kappa shape index (κ3) is 4.14. The Morgan fingerprint density at radius 1 is 1.14 bits per heavy atom. The highest BCUT2D eigenvalue weighted by Gasteiger charge is 2.38. The second kappa shape index (κ2) is 5.54. The molecule has 0 atom stereocenters. The molecule has 0 amide bonds. The van der Waals surface area contributed by atoms with Crippen molar-refractivity contribution in [3.05, 3.63) is 34.9 Å². The number of morpholine rings is 1. The molecule has 1 heterocycles. The summed E-state index contributed by atoms with van der Waals surface area (Å²) in [5.74, 6) is 0.199. The number of carbonyl (C=O) groups is 1. The molecule has 116 valence electrons. The topological polar surface area (TPSA) is 29.5 Å². The van der Waals surface area contributed by atoms with Gasteiger partial charge in [0.2, 0.25) is 0 Å². The molecule has 1 aliphatic rings. The minimum atomic E-state index is -0.219. The quantitative estimate of drug-likeness (QED) is 0.799. The summed E-state index contributed by atoms with van der Waals surface area (Å²) in [6, 6.07) is 6.07. The molecule has 1 aromatic carbocycles. The van der Waals surface area contributed by atoms with Crippen LogP contribution in [0.2, 0.25) is 0 Å². The smallest absolute Gasteiger partial charge is 0.177 e. The maximum atomic E-state index is 12.6. The third-order valence-electron chi connectivity index (χ3n) is 3.82. The maximum absolute atomic E-state index is 12.6. The number of ether oxygens (including phenoxy) is 1. The largest absolute Gasteiger partial charge is 0.367 e. The summed E-state index contributed by atoms with van der Waals surface area (Å²) < 4.78 is 6.07. The highest BCUT2D eigenvalue weighted by Crippen LogP contribution is 2.28. The highest BCUT2D eigenvalue weighted by molar-refractivity contribution is 5.99. The highest BCUT2D eigenvalue weighted by atomic mass is 16.5. The first-order chi connectivity index (χ1) is 9.58. The van der Waals surface area contributed by atoms with Crippen LogP contribution >= 0.6 is 0 Å². The van der Waals surface area contributed by atoms with Crippen molar-refractivity contribution in [1.29, 1.82) is 0 Å². The van der Waals surface area contributed by atoms with E-state index in [2.05, 4.69) is 32.6 Å². The van der Waals surface area contributed by atoms with Crippen LogP contribution in [-0.4, -0.2) is 41.5 Å². The molecular formula is C18H27NO2. The lowest BCUT2D eigenvalue weighted by Gasteiger charge is -2.47. The van der Waals surface area contributed by atoms with Gasteiger partial charge in [0.25, 0.3) is 0 Å². The Labute approximate surface area is 128 Å². The fourth-order valence-corrected chi connectivity index (χ4v) is 3.38. The predicted octanol–water partition coefficient (Wildman–Crippen LogP) is 3.38. The molecule has 1 saturated heterocycles. The van der Waals surface area contributed by atoms with E-state index in [-0.39, 0.29) is 17.0 Å². The van der Waals surface area contributed by atoms with Crippen LogP contribution in [0.15, 0.2) is 18.2 Å². The molecule has 21 heavy (non-hydrogen) atoms. The SMILES string of the molecule is Cc1ccc(C)c(C(=O)CN2CC(C)(C)OC(C)(C)C2)c1. The minimum Gasteiger partial charge on any atom is -0.367 e. The van der Waals surface area contributed by atoms with Crippen LogP contribution in [0.1, 0.15) is 49.2 Å². The maximum Gasteiger partial charge on any atom is 0.177 e. The number of nitrogens with zero attached hydrogens (tertiary/aromatic N) is 1. The van der Waals surface area contributed by atoms with Gasteiger partial charge in [-0.15, -0.1) is 0 Å². The Kier molecular flexibility index (Phi) is 4.27. The Bertz CT molecular complexity index is 530. The average molecular weight is 289 g/mol. The molecule has 0 aromatic heterocycles. The molecule has 0 aliphatic carbocycles. The number of benzene rings is 1. The van der Waals surface area contributed by atoms with Crippen LogP contribution in [0.5, 0.6) is 0 Å². The average Bonchev–Trinajstić information content (AvgIpc) is 2.27. The van der Waals surface area contributed by atoms with Gasteiger partial charge in [-0.1, -0.05) is 17.7 Å². The van der Waals surface area contributed by atoms with Crippen LogP contribution < -0.4 is 0 Å². The van der Waals surface area contributed by atoms with E-state index in [9.17, 15) is 4.79 Å². The zero-order chi connectivity index (χ0) is 15.8. The minimum absolute atomic E-state index is 0.199. The summed E-state index contributed by atoms with van der Waals surface area (Å²) >= 11 is 0. The van der Waals surface area contributed by atoms with Crippen molar-refractivity contribution in [1.82, 2.24) is 4.90 Å². The number of hydrogen-bond donors (Lipinski definition) is 0. The van der Waals surface area contributed by atoms with Gasteiger partial charge in [0, 0.05) is 18.7 Å². The predicted molar refractivity (Wildman–Crippen MR) is 85.9 cm³/mol. The third-order valence-corrected chi connectivity index (χ3v) is 3.82. The zero-order valence-electron chi connectivity index (χ0n) is 14.1. The summed E-state index contributed by atoms with van der Waals surface area (Å²) in [5, 5.41) is 0. The molecule has 0 N–H and O–H groups in total. The first kappa shape index (κ1) is 16.2. The van der Waals surface area contributed by atoms with Gasteiger partial charge in [-0.25, -0.2) is 0 Å². The van der Waals surface area contributed by atoms with E-state index in [0.29, 0.717) is 6.54 Å². The van der Waals surface area contributed by atoms with Crippen LogP contribution in [0.3, 0.4) is 0 Å². The molecule has 3 heteroatoms. The molecule has 2 rings (SSSR count). The van der Waals surface area contributed by atoms with Gasteiger partial charge in [0.05, 0.1) is 17.7 Å². The van der Waals surface area contributed by atoms with Crippen molar-refractivity contribution in [2.24, 2.45) is 0 Å². The molecule has 1 aliphatic heterocycles. The van der Waals surface area contributed by atoms with Crippen LogP contribution in [-0.2, 0) is 4.74 Å². The lowest BCUT2D eigenvalue weighted by atomic mass is 9.97. The molecular weight excluding hydrogens is 262 g/mol. The molecule has 1 aromatic rings. The summed E-state index contributed by atoms with van der Waals surface area (Å²) in [6.45, 7) is 14.4. The second-order valence-electron chi connectivity index (χ2n) is 7.51. The summed E-state index contributed by atoms with van der Waals surface area (Å²) in [4.78, 5) is 14.8. The number of aryl methyl sites for hydroxylation is 2. The zero-order valence-corrected chi connectivity index (χ0v) is 14.1. The molecule has 0 spiro atoms. The van der Waals surface area contributed by atoms with E-state index in [1.807, 2.05) is 32.0 Å². The number of ketones is 1. The molecule has 0 saturated carbocycles. The lowest BCUT2D eigenvalue weighted by Crippen LogP contribution is -2.58. The van der Waals surface area contributed by atoms with Gasteiger partial charge in [-0.3, -0.25) is 9.69 Å². The van der Waals surface area contributed by atoms with Crippen molar-refractivity contribution in [2.75, 3.05) is 19.6 Å². The standard InChI is InChI=1S/C18H27NO2/c1-13-7-8-14(2)15(9-13)16(20)10-19-11-17(3,4)21-18(5,6)12-19/h7-9H,10-12H2,1-6H3. The van der Waals surface area contributed by atoms with E-state index in [1.54, 1.807) is 0 Å². The van der Waals surface area contributed by atoms with E-state index < -0.39 is 0 Å². The first-order valence-corrected chi connectivity index (χ1v) is 7.61. The van der Waals surface area contributed by atoms with Crippen molar-refractivity contribution in [3.63, 3.8) is 0 Å². The van der Waals surface area contributed by atoms with E-state index in [0.717, 1.165) is 29.8 Å². The van der Waals surface area contributed by atoms with Gasteiger partial charge in [0.1, 0.15) is 0 Å². The molecule has 0 bridgehead atoms. The number of hydrogen-bond acceptors (Lipinski definition) is 3. The number of Topliss-reactive ketones (excluding diaryl/α,β-unsaturated/α-hetero) is 1. The Balaban J connectivity index is 2.14. The van der Waals surface area contributed by atoms with Gasteiger partial charge in [-0.05, 0) is 53.2 Å². The van der Waals surface area contributed by atoms with Crippen molar-refractivity contribution >= 4 is 5.78 Å². The Morgan fingerprint density at radius 2 is 1.71 bits per heavy atom. The van der Waals surface area contributed by atoms with Crippen molar-refractivity contribution in [2.45, 2.75) is 52.7 Å². The fraction of sp³-hybridized carbons (Fsp3) is 0.611. The lowest BCUT2D eigenvalue weighted by molar-refractivity contribution is -0.178. The van der Waals surface area contributed by atoms with Crippen LogP contribution in [0.25, 0.3) is 0 Å². The van der Waals surface area contributed by atoms with E-state index in [4.69, 9.17) is 4.74 Å². The fourth-order valence-electron chi connectivity index (χ4n) is 3.38. The monoisotopic (exact) mass is 289 g/mol. The number of rotatable bonds is 3.